The van der Waals surface area contributed by atoms with Crippen molar-refractivity contribution in [3.63, 3.8) is 0 Å². The highest BCUT2D eigenvalue weighted by molar-refractivity contribution is 5.76. The number of carbonyl (C=O) groups is 2. The Morgan fingerprint density at radius 3 is 2.55 bits per heavy atom. The van der Waals surface area contributed by atoms with Crippen molar-refractivity contribution in [3.8, 4) is 5.75 Å². The van der Waals surface area contributed by atoms with Crippen LogP contribution in [0.1, 0.15) is 96.1 Å². The largest absolute Gasteiger partial charge is 0.427 e. The number of nitrogens with one attached hydrogen (secondary N) is 1. The van der Waals surface area contributed by atoms with Crippen LogP contribution in [-0.4, -0.2) is 48.6 Å². The predicted octanol–water partition coefficient (Wildman–Crippen LogP) is 7.22. The molecule has 2 aliphatic carbocycles. The molecule has 5 nitrogen and oxygen atoms in total. The van der Waals surface area contributed by atoms with E-state index in [1.165, 1.54) is 61.6 Å². The molecule has 3 fully saturated rings. The summed E-state index contributed by atoms with van der Waals surface area (Å²) in [6.07, 6.45) is 12.0. The summed E-state index contributed by atoms with van der Waals surface area (Å²) in [6, 6.07) is 19.1. The summed E-state index contributed by atoms with van der Waals surface area (Å²) < 4.78 is 6.81. The number of unbranched alkanes of at least 4 members (excludes halogenated alkanes) is 2. The zero-order valence-corrected chi connectivity index (χ0v) is 26.3. The summed E-state index contributed by atoms with van der Waals surface area (Å²) in [5.74, 6) is 2.73. The number of aryl methyl sites for hydroxylation is 1. The molecule has 0 aromatic heterocycles. The lowest BCUT2D eigenvalue weighted by atomic mass is 9.57. The van der Waals surface area contributed by atoms with E-state index in [9.17, 15) is 9.59 Å². The number of amides is 1. The topological polar surface area (TPSA) is 55.4 Å². The zero-order chi connectivity index (χ0) is 29.6. The van der Waals surface area contributed by atoms with Crippen molar-refractivity contribution in [2.24, 2.45) is 17.8 Å². The van der Waals surface area contributed by atoms with E-state index in [1.807, 2.05) is 12.1 Å². The molecule has 42 heavy (non-hydrogen) atoms. The second kappa shape index (κ2) is 13.8. The number of piperidine rings is 1. The van der Waals surface area contributed by atoms with Crippen LogP contribution in [0.25, 0.3) is 0 Å². The smallest absolute Gasteiger partial charge is 0.308 e. The molecule has 5 heteroatoms. The maximum absolute atomic E-state index is 13.1. The van der Waals surface area contributed by atoms with Gasteiger partial charge >= 0.3 is 5.97 Å². The molecule has 0 radical (unpaired) electrons. The number of benzene rings is 2. The first kappa shape index (κ1) is 30.8. The molecule has 228 valence electrons. The Hall–Kier alpha value is -2.66. The Morgan fingerprint density at radius 1 is 1.00 bits per heavy atom. The van der Waals surface area contributed by atoms with Crippen molar-refractivity contribution in [2.75, 3.05) is 26.2 Å². The summed E-state index contributed by atoms with van der Waals surface area (Å²) in [5, 5.41) is 3.47. The molecular formula is C37H53N2O3+. The van der Waals surface area contributed by atoms with E-state index in [4.69, 9.17) is 4.74 Å². The van der Waals surface area contributed by atoms with Crippen molar-refractivity contribution >= 4 is 11.9 Å². The molecule has 1 unspecified atom stereocenters. The minimum absolute atomic E-state index is 0.00429. The first-order valence-corrected chi connectivity index (χ1v) is 16.7. The van der Waals surface area contributed by atoms with Crippen LogP contribution in [-0.2, 0) is 21.4 Å². The quantitative estimate of drug-likeness (QED) is 0.119. The third-order valence-corrected chi connectivity index (χ3v) is 10.2. The lowest BCUT2D eigenvalue weighted by molar-refractivity contribution is -0.942. The van der Waals surface area contributed by atoms with Crippen LogP contribution in [0.2, 0.25) is 0 Å². The van der Waals surface area contributed by atoms with E-state index in [1.54, 1.807) is 0 Å². The van der Waals surface area contributed by atoms with Crippen molar-refractivity contribution in [3.05, 3.63) is 65.7 Å². The van der Waals surface area contributed by atoms with Crippen LogP contribution in [0, 0.1) is 17.8 Å². The monoisotopic (exact) mass is 573 g/mol. The molecule has 1 aliphatic heterocycles. The average Bonchev–Trinajstić information content (AvgIpc) is 3.77. The number of quaternary nitrogens is 1. The van der Waals surface area contributed by atoms with E-state index in [0.717, 1.165) is 57.3 Å². The van der Waals surface area contributed by atoms with Gasteiger partial charge in [0, 0.05) is 49.0 Å². The maximum Gasteiger partial charge on any atom is 0.308 e. The number of fused-ring (bicyclic) bond motifs is 1. The van der Waals surface area contributed by atoms with Gasteiger partial charge in [-0.2, -0.15) is 0 Å². The summed E-state index contributed by atoms with van der Waals surface area (Å²) >= 11 is 0. The van der Waals surface area contributed by atoms with E-state index >= 15 is 0 Å². The first-order chi connectivity index (χ1) is 20.3. The third-order valence-electron chi connectivity index (χ3n) is 10.2. The van der Waals surface area contributed by atoms with Gasteiger partial charge in [-0.05, 0) is 74.6 Å². The van der Waals surface area contributed by atoms with Gasteiger partial charge in [0.25, 0.3) is 0 Å². The van der Waals surface area contributed by atoms with E-state index < -0.39 is 0 Å². The van der Waals surface area contributed by atoms with Crippen LogP contribution in [0.15, 0.2) is 54.6 Å². The molecule has 2 saturated carbocycles. The summed E-state index contributed by atoms with van der Waals surface area (Å²) in [5.41, 5.74) is 2.67. The first-order valence-electron chi connectivity index (χ1n) is 16.7. The highest BCUT2D eigenvalue weighted by Gasteiger charge is 2.54. The van der Waals surface area contributed by atoms with E-state index in [2.05, 4.69) is 61.6 Å². The number of nitrogens with zero attached hydrogens (tertiary/aromatic N) is 1. The van der Waals surface area contributed by atoms with Gasteiger partial charge in [0.15, 0.2) is 0 Å². The maximum atomic E-state index is 13.1. The molecule has 4 atom stereocenters. The molecule has 0 spiro atoms. The normalized spacial score (nSPS) is 27.3. The van der Waals surface area contributed by atoms with Gasteiger partial charge in [-0.15, -0.1) is 0 Å². The fraction of sp³-hybridized carbons (Fsp3) is 0.622. The fourth-order valence-corrected chi connectivity index (χ4v) is 8.38. The van der Waals surface area contributed by atoms with Gasteiger partial charge in [-0.25, -0.2) is 0 Å². The van der Waals surface area contributed by atoms with Gasteiger partial charge in [0.1, 0.15) is 5.75 Å². The molecule has 2 aromatic rings. The Bertz CT molecular complexity index is 1190. The lowest BCUT2D eigenvalue weighted by Gasteiger charge is -2.57. The Balaban J connectivity index is 1.26. The minimum atomic E-state index is -0.278. The van der Waals surface area contributed by atoms with Gasteiger partial charge in [-0.3, -0.25) is 9.59 Å². The standard InChI is InChI=1S/C37H52N2O3/c1-28(2)25-39(26-31-17-18-31)22-21-37(32-14-10-15-35(23-32)42-29(3)40)24-34(20-19-33(37)27-39)38-36(41)16-9-5-8-13-30-11-6-4-7-12-30/h4,6-7,10-12,14-15,23,28,31,33-34H,5,8-9,13,16-22,24-27H2,1-3H3/p+1/t33?,34-,37-,39+/m1/s1. The Kier molecular flexibility index (Phi) is 10.1. The lowest BCUT2D eigenvalue weighted by Crippen LogP contribution is -2.64. The number of likely N-dealkylation sites (tertiary alicyclic amines) is 1. The van der Waals surface area contributed by atoms with Crippen LogP contribution in [0.3, 0.4) is 0 Å². The SMILES string of the molecule is CC(=O)Oc1cccc([C@]23CC[N@+](CC(C)C)(CC4CC4)CC2CC[C@@H](NC(=O)CCCCCc2ccccc2)C3)c1. The minimum Gasteiger partial charge on any atom is -0.427 e. The van der Waals surface area contributed by atoms with Gasteiger partial charge in [0.05, 0.1) is 26.2 Å². The van der Waals surface area contributed by atoms with Gasteiger partial charge in [-0.1, -0.05) is 62.7 Å². The highest BCUT2D eigenvalue weighted by Crippen LogP contribution is 2.52. The Morgan fingerprint density at radius 2 is 1.81 bits per heavy atom. The number of rotatable bonds is 13. The summed E-state index contributed by atoms with van der Waals surface area (Å²) in [7, 11) is 0. The number of carbonyl (C=O) groups excluding carboxylic acids is 2. The van der Waals surface area contributed by atoms with Crippen LogP contribution < -0.4 is 10.1 Å². The fourth-order valence-electron chi connectivity index (χ4n) is 8.38. The molecule has 2 aromatic carbocycles. The number of hydrogen-bond donors (Lipinski definition) is 1. The third kappa shape index (κ3) is 8.03. The molecule has 3 aliphatic rings. The molecule has 5 rings (SSSR count). The van der Waals surface area contributed by atoms with E-state index in [-0.39, 0.29) is 23.3 Å². The summed E-state index contributed by atoms with van der Waals surface area (Å²) in [6.45, 7) is 11.3. The molecule has 0 bridgehead atoms. The number of hydrogen-bond acceptors (Lipinski definition) is 3. The average molecular weight is 574 g/mol. The predicted molar refractivity (Wildman–Crippen MR) is 169 cm³/mol. The van der Waals surface area contributed by atoms with E-state index in [0.29, 0.717) is 24.0 Å². The van der Waals surface area contributed by atoms with Crippen molar-refractivity contribution < 1.29 is 18.8 Å². The molecule has 1 N–H and O–H groups in total. The molecule has 1 amide bonds. The molecule has 1 heterocycles. The van der Waals surface area contributed by atoms with Crippen molar-refractivity contribution in [1.82, 2.24) is 5.32 Å². The summed E-state index contributed by atoms with van der Waals surface area (Å²) in [4.78, 5) is 24.9. The molecular weight excluding hydrogens is 520 g/mol. The molecule has 1 saturated heterocycles. The van der Waals surface area contributed by atoms with Gasteiger partial charge in [0.2, 0.25) is 5.91 Å². The zero-order valence-electron chi connectivity index (χ0n) is 26.3. The van der Waals surface area contributed by atoms with Crippen LogP contribution in [0.4, 0.5) is 0 Å². The highest BCUT2D eigenvalue weighted by atomic mass is 16.5. The van der Waals surface area contributed by atoms with Crippen molar-refractivity contribution in [1.29, 1.82) is 0 Å². The second-order valence-corrected chi connectivity index (χ2v) is 14.3. The Labute approximate surface area is 254 Å². The van der Waals surface area contributed by atoms with Crippen LogP contribution in [0.5, 0.6) is 5.75 Å². The number of ether oxygens (including phenoxy) is 1. The van der Waals surface area contributed by atoms with Crippen molar-refractivity contribution in [2.45, 2.75) is 103 Å². The number of esters is 1. The second-order valence-electron chi connectivity index (χ2n) is 14.3. The van der Waals surface area contributed by atoms with Gasteiger partial charge < -0.3 is 14.5 Å². The van der Waals surface area contributed by atoms with Crippen LogP contribution >= 0.6 is 0 Å².